The van der Waals surface area contributed by atoms with Crippen molar-refractivity contribution in [1.82, 2.24) is 15.1 Å². The zero-order chi connectivity index (χ0) is 26.6. The van der Waals surface area contributed by atoms with Gasteiger partial charge in [0.1, 0.15) is 17.2 Å². The minimum absolute atomic E-state index is 0.154. The second-order valence-electron chi connectivity index (χ2n) is 11.7. The summed E-state index contributed by atoms with van der Waals surface area (Å²) in [5, 5.41) is 3.62. The molecule has 202 valence electrons. The molecule has 1 amide bonds. The Morgan fingerprint density at radius 2 is 1.73 bits per heavy atom. The molecule has 37 heavy (non-hydrogen) atoms. The van der Waals surface area contributed by atoms with E-state index in [1.165, 1.54) is 17.7 Å². The third-order valence-corrected chi connectivity index (χ3v) is 7.18. The van der Waals surface area contributed by atoms with Gasteiger partial charge >= 0.3 is 6.09 Å². The summed E-state index contributed by atoms with van der Waals surface area (Å²) in [6.45, 7) is 13.4. The fourth-order valence-corrected chi connectivity index (χ4v) is 5.58. The lowest BCUT2D eigenvalue weighted by Gasteiger charge is -2.33. The molecule has 3 unspecified atom stereocenters. The van der Waals surface area contributed by atoms with E-state index in [9.17, 15) is 9.18 Å². The molecule has 1 heterocycles. The number of amides is 1. The summed E-state index contributed by atoms with van der Waals surface area (Å²) < 4.78 is 24.9. The van der Waals surface area contributed by atoms with Crippen molar-refractivity contribution in [2.75, 3.05) is 19.8 Å². The van der Waals surface area contributed by atoms with Crippen LogP contribution in [0.15, 0.2) is 48.5 Å². The molecular formula is C30H42FN3O3. The number of nitrogens with zero attached hydrogens (tertiary/aromatic N) is 2. The lowest BCUT2D eigenvalue weighted by atomic mass is 9.96. The predicted molar refractivity (Wildman–Crippen MR) is 144 cm³/mol. The first kappa shape index (κ1) is 27.4. The van der Waals surface area contributed by atoms with Crippen molar-refractivity contribution in [3.8, 4) is 5.75 Å². The third-order valence-electron chi connectivity index (χ3n) is 7.18. The summed E-state index contributed by atoms with van der Waals surface area (Å²) in [5.41, 5.74) is 1.79. The summed E-state index contributed by atoms with van der Waals surface area (Å²) >= 11 is 0. The number of hydrogen-bond donors (Lipinski definition) is 1. The van der Waals surface area contributed by atoms with E-state index in [1.807, 2.05) is 63.8 Å². The highest BCUT2D eigenvalue weighted by atomic mass is 19.1. The first-order chi connectivity index (χ1) is 17.6. The molecule has 6 nitrogen and oxygen atoms in total. The van der Waals surface area contributed by atoms with Gasteiger partial charge in [0.05, 0.1) is 6.10 Å². The number of ether oxygens (including phenoxy) is 2. The molecule has 2 aromatic rings. The van der Waals surface area contributed by atoms with Crippen LogP contribution in [-0.2, 0) is 17.8 Å². The van der Waals surface area contributed by atoms with Crippen molar-refractivity contribution in [2.45, 2.75) is 78.3 Å². The number of fused-ring (bicyclic) bond motifs is 1. The van der Waals surface area contributed by atoms with E-state index in [0.29, 0.717) is 24.5 Å². The Morgan fingerprint density at radius 3 is 2.38 bits per heavy atom. The Balaban J connectivity index is 1.41. The number of carbonyl (C=O) groups is 1. The average Bonchev–Trinajstić information content (AvgIpc) is 3.41. The molecule has 0 bridgehead atoms. The Bertz CT molecular complexity index is 1020. The van der Waals surface area contributed by atoms with Crippen LogP contribution in [0.25, 0.3) is 0 Å². The number of halogens is 1. The van der Waals surface area contributed by atoms with Crippen LogP contribution in [0.2, 0.25) is 0 Å². The highest BCUT2D eigenvalue weighted by Gasteiger charge is 2.46. The molecule has 3 atom stereocenters. The van der Waals surface area contributed by atoms with Crippen LogP contribution in [0.3, 0.4) is 0 Å². The molecule has 2 aromatic carbocycles. The summed E-state index contributed by atoms with van der Waals surface area (Å²) in [6, 6.07) is 15.3. The second kappa shape index (κ2) is 11.8. The molecule has 1 saturated heterocycles. The van der Waals surface area contributed by atoms with E-state index >= 15 is 0 Å². The van der Waals surface area contributed by atoms with Crippen LogP contribution >= 0.6 is 0 Å². The van der Waals surface area contributed by atoms with E-state index in [-0.39, 0.29) is 18.0 Å². The van der Waals surface area contributed by atoms with Crippen LogP contribution in [0, 0.1) is 17.7 Å². The smallest absolute Gasteiger partial charge is 0.410 e. The lowest BCUT2D eigenvalue weighted by Crippen LogP contribution is -2.45. The molecule has 2 aliphatic rings. The van der Waals surface area contributed by atoms with Crippen LogP contribution < -0.4 is 10.1 Å². The van der Waals surface area contributed by atoms with Crippen molar-refractivity contribution >= 4 is 6.09 Å². The van der Waals surface area contributed by atoms with Crippen LogP contribution in [0.5, 0.6) is 5.75 Å². The zero-order valence-electron chi connectivity index (χ0n) is 22.9. The Kier molecular flexibility index (Phi) is 8.75. The fourth-order valence-electron chi connectivity index (χ4n) is 5.58. The maximum Gasteiger partial charge on any atom is 0.410 e. The predicted octanol–water partition coefficient (Wildman–Crippen LogP) is 5.81. The Hall–Kier alpha value is -2.64. The largest absolute Gasteiger partial charge is 0.491 e. The molecule has 0 spiro atoms. The topological polar surface area (TPSA) is 54.0 Å². The molecule has 4 rings (SSSR count). The van der Waals surface area contributed by atoms with Gasteiger partial charge in [-0.2, -0.15) is 0 Å². The highest BCUT2D eigenvalue weighted by molar-refractivity contribution is 5.68. The Labute approximate surface area is 221 Å². The van der Waals surface area contributed by atoms with Gasteiger partial charge in [-0.05, 0) is 94.7 Å². The number of likely N-dealkylation sites (tertiary alicyclic amines) is 1. The van der Waals surface area contributed by atoms with Gasteiger partial charge in [0.25, 0.3) is 0 Å². The second-order valence-corrected chi connectivity index (χ2v) is 11.7. The summed E-state index contributed by atoms with van der Waals surface area (Å²) in [4.78, 5) is 17.1. The van der Waals surface area contributed by atoms with Crippen molar-refractivity contribution < 1.29 is 18.7 Å². The standard InChI is InChI=1S/C30H42FN3O3/c1-21(2)36-26-13-8-22(9-14-26)16-32-20-34(17-23-6-11-25(31)12-7-23)28-15-10-24-18-33(19-27(24)28)29(35)37-30(3,4)5/h6-9,11-14,21,24,27-28,32H,10,15-20H2,1-5H3. The molecule has 0 aromatic heterocycles. The Morgan fingerprint density at radius 1 is 1.05 bits per heavy atom. The van der Waals surface area contributed by atoms with Crippen molar-refractivity contribution in [3.05, 3.63) is 65.5 Å². The van der Waals surface area contributed by atoms with Gasteiger partial charge in [0.2, 0.25) is 0 Å². The molecule has 2 fully saturated rings. The van der Waals surface area contributed by atoms with E-state index in [2.05, 4.69) is 22.3 Å². The van der Waals surface area contributed by atoms with Crippen LogP contribution in [0.4, 0.5) is 9.18 Å². The van der Waals surface area contributed by atoms with Gasteiger partial charge in [0, 0.05) is 38.9 Å². The van der Waals surface area contributed by atoms with Gasteiger partial charge in [-0.15, -0.1) is 0 Å². The highest BCUT2D eigenvalue weighted by Crippen LogP contribution is 2.41. The van der Waals surface area contributed by atoms with Gasteiger partial charge < -0.3 is 19.7 Å². The van der Waals surface area contributed by atoms with Gasteiger partial charge in [-0.1, -0.05) is 24.3 Å². The van der Waals surface area contributed by atoms with Gasteiger partial charge in [-0.3, -0.25) is 4.90 Å². The minimum Gasteiger partial charge on any atom is -0.491 e. The zero-order valence-corrected chi connectivity index (χ0v) is 22.9. The quantitative estimate of drug-likeness (QED) is 0.431. The molecule has 0 radical (unpaired) electrons. The van der Waals surface area contributed by atoms with Crippen LogP contribution in [-0.4, -0.2) is 53.4 Å². The summed E-state index contributed by atoms with van der Waals surface area (Å²) in [6.07, 6.45) is 2.14. The van der Waals surface area contributed by atoms with Gasteiger partial charge in [-0.25, -0.2) is 9.18 Å². The number of nitrogens with one attached hydrogen (secondary N) is 1. The van der Waals surface area contributed by atoms with Crippen molar-refractivity contribution in [3.63, 3.8) is 0 Å². The number of carbonyl (C=O) groups excluding carboxylic acids is 1. The van der Waals surface area contributed by atoms with Crippen molar-refractivity contribution in [2.24, 2.45) is 11.8 Å². The maximum atomic E-state index is 13.5. The normalized spacial score (nSPS) is 21.5. The molecule has 1 saturated carbocycles. The summed E-state index contributed by atoms with van der Waals surface area (Å²) in [7, 11) is 0. The maximum absolute atomic E-state index is 13.5. The van der Waals surface area contributed by atoms with E-state index in [1.54, 1.807) is 0 Å². The number of benzene rings is 2. The third kappa shape index (κ3) is 7.68. The minimum atomic E-state index is -0.494. The van der Waals surface area contributed by atoms with Crippen LogP contribution in [0.1, 0.15) is 58.6 Å². The number of rotatable bonds is 9. The van der Waals surface area contributed by atoms with E-state index in [0.717, 1.165) is 50.3 Å². The van der Waals surface area contributed by atoms with E-state index < -0.39 is 5.60 Å². The summed E-state index contributed by atoms with van der Waals surface area (Å²) in [5.74, 6) is 1.55. The first-order valence-electron chi connectivity index (χ1n) is 13.5. The van der Waals surface area contributed by atoms with E-state index in [4.69, 9.17) is 9.47 Å². The number of hydrogen-bond acceptors (Lipinski definition) is 5. The molecule has 1 aliphatic carbocycles. The molecule has 1 aliphatic heterocycles. The average molecular weight is 512 g/mol. The van der Waals surface area contributed by atoms with Gasteiger partial charge in [0.15, 0.2) is 0 Å². The fraction of sp³-hybridized carbons (Fsp3) is 0.567. The lowest BCUT2D eigenvalue weighted by molar-refractivity contribution is 0.0267. The monoisotopic (exact) mass is 511 g/mol. The molecule has 1 N–H and O–H groups in total. The molecular weight excluding hydrogens is 469 g/mol. The first-order valence-corrected chi connectivity index (χ1v) is 13.5. The SMILES string of the molecule is CC(C)Oc1ccc(CNCN(Cc2ccc(F)cc2)C2CCC3CN(C(=O)OC(C)(C)C)CC32)cc1. The molecule has 7 heteroatoms. The van der Waals surface area contributed by atoms with Crippen molar-refractivity contribution in [1.29, 1.82) is 0 Å².